The molecule has 0 saturated carbocycles. The third-order valence-electron chi connectivity index (χ3n) is 5.15. The van der Waals surface area contributed by atoms with Crippen molar-refractivity contribution < 1.29 is 18.0 Å². The van der Waals surface area contributed by atoms with Crippen LogP contribution in [0.4, 0.5) is 11.4 Å². The van der Waals surface area contributed by atoms with Gasteiger partial charge in [-0.3, -0.25) is 9.59 Å². The molecule has 0 spiro atoms. The number of rotatable bonds is 6. The number of anilines is 2. The molecule has 1 aliphatic heterocycles. The van der Waals surface area contributed by atoms with Crippen molar-refractivity contribution >= 4 is 55.4 Å². The maximum absolute atomic E-state index is 12.6. The van der Waals surface area contributed by atoms with Crippen molar-refractivity contribution in [3.63, 3.8) is 0 Å². The Kier molecular flexibility index (Phi) is 5.26. The number of nitrogens with zero attached hydrogens (tertiary/aromatic N) is 1. The highest BCUT2D eigenvalue weighted by atomic mass is 35.5. The highest BCUT2D eigenvalue weighted by Crippen LogP contribution is 2.40. The summed E-state index contributed by atoms with van der Waals surface area (Å²) in [5, 5.41) is 4.79. The molecular formula is C22H19ClN2O4S. The SMILES string of the molecule is CCN1C(=O)c2cccc3c(NC(=O)CCS(=O)(=O)c4ccc(Cl)cc4)ccc1c23. The average Bonchev–Trinajstić information content (AvgIpc) is 3.01. The molecule has 1 heterocycles. The summed E-state index contributed by atoms with van der Waals surface area (Å²) in [5.74, 6) is -0.787. The summed E-state index contributed by atoms with van der Waals surface area (Å²) in [6, 6.07) is 14.8. The van der Waals surface area contributed by atoms with Gasteiger partial charge < -0.3 is 10.2 Å². The van der Waals surface area contributed by atoms with Gasteiger partial charge in [0.05, 0.1) is 16.3 Å². The number of hydrogen-bond donors (Lipinski definition) is 1. The summed E-state index contributed by atoms with van der Waals surface area (Å²) in [7, 11) is -3.60. The van der Waals surface area contributed by atoms with E-state index in [9.17, 15) is 18.0 Å². The zero-order valence-corrected chi connectivity index (χ0v) is 17.8. The van der Waals surface area contributed by atoms with Crippen LogP contribution in [-0.4, -0.2) is 32.5 Å². The molecule has 0 fully saturated rings. The minimum atomic E-state index is -3.60. The molecule has 0 atom stereocenters. The van der Waals surface area contributed by atoms with Gasteiger partial charge in [0.15, 0.2) is 9.84 Å². The number of carbonyl (C=O) groups excluding carboxylic acids is 2. The Morgan fingerprint density at radius 1 is 1.07 bits per heavy atom. The highest BCUT2D eigenvalue weighted by molar-refractivity contribution is 7.91. The molecule has 2 amide bonds. The van der Waals surface area contributed by atoms with Gasteiger partial charge in [-0.05, 0) is 49.4 Å². The molecule has 3 aromatic carbocycles. The molecule has 3 aromatic rings. The van der Waals surface area contributed by atoms with Crippen molar-refractivity contribution in [3.8, 4) is 0 Å². The van der Waals surface area contributed by atoms with Crippen LogP contribution in [0.15, 0.2) is 59.5 Å². The van der Waals surface area contributed by atoms with Gasteiger partial charge in [-0.2, -0.15) is 0 Å². The van der Waals surface area contributed by atoms with Crippen molar-refractivity contribution in [2.75, 3.05) is 22.5 Å². The van der Waals surface area contributed by atoms with Gasteiger partial charge in [0.25, 0.3) is 5.91 Å². The van der Waals surface area contributed by atoms with Crippen LogP contribution in [-0.2, 0) is 14.6 Å². The Bertz CT molecular complexity index is 1270. The van der Waals surface area contributed by atoms with Gasteiger partial charge in [0, 0.05) is 40.0 Å². The van der Waals surface area contributed by atoms with Gasteiger partial charge in [-0.1, -0.05) is 23.7 Å². The Morgan fingerprint density at radius 2 is 1.80 bits per heavy atom. The second kappa shape index (κ2) is 7.74. The summed E-state index contributed by atoms with van der Waals surface area (Å²) in [6.45, 7) is 2.46. The second-order valence-electron chi connectivity index (χ2n) is 6.98. The molecule has 8 heteroatoms. The molecule has 4 rings (SSSR count). The lowest BCUT2D eigenvalue weighted by atomic mass is 10.0. The highest BCUT2D eigenvalue weighted by Gasteiger charge is 2.29. The number of hydrogen-bond acceptors (Lipinski definition) is 4. The number of amides is 2. The van der Waals surface area contributed by atoms with Gasteiger partial charge >= 0.3 is 0 Å². The van der Waals surface area contributed by atoms with Gasteiger partial charge in [0.2, 0.25) is 5.91 Å². The third-order valence-corrected chi connectivity index (χ3v) is 7.13. The van der Waals surface area contributed by atoms with E-state index in [1.165, 1.54) is 24.3 Å². The zero-order chi connectivity index (χ0) is 21.5. The molecule has 0 saturated heterocycles. The molecule has 0 aromatic heterocycles. The van der Waals surface area contributed by atoms with E-state index in [4.69, 9.17) is 11.6 Å². The van der Waals surface area contributed by atoms with Gasteiger partial charge in [-0.15, -0.1) is 0 Å². The molecule has 0 radical (unpaired) electrons. The molecule has 0 unspecified atom stereocenters. The molecule has 1 aliphatic rings. The van der Waals surface area contributed by atoms with E-state index in [1.807, 2.05) is 13.0 Å². The van der Waals surface area contributed by atoms with Crippen molar-refractivity contribution in [2.24, 2.45) is 0 Å². The predicted octanol–water partition coefficient (Wildman–Crippen LogP) is 4.28. The molecule has 0 aliphatic carbocycles. The van der Waals surface area contributed by atoms with E-state index in [0.717, 1.165) is 16.5 Å². The largest absolute Gasteiger partial charge is 0.325 e. The average molecular weight is 443 g/mol. The lowest BCUT2D eigenvalue weighted by molar-refractivity contribution is -0.115. The third kappa shape index (κ3) is 3.55. The monoisotopic (exact) mass is 442 g/mol. The van der Waals surface area contributed by atoms with Crippen molar-refractivity contribution in [2.45, 2.75) is 18.2 Å². The van der Waals surface area contributed by atoms with Crippen LogP contribution in [0.1, 0.15) is 23.7 Å². The second-order valence-corrected chi connectivity index (χ2v) is 9.53. The maximum Gasteiger partial charge on any atom is 0.258 e. The lowest BCUT2D eigenvalue weighted by Gasteiger charge is -2.15. The lowest BCUT2D eigenvalue weighted by Crippen LogP contribution is -2.25. The van der Waals surface area contributed by atoms with Gasteiger partial charge in [-0.25, -0.2) is 8.42 Å². The molecule has 154 valence electrons. The first-order valence-electron chi connectivity index (χ1n) is 9.47. The Hall–Kier alpha value is -2.90. The fraction of sp³-hybridized carbons (Fsp3) is 0.182. The van der Waals surface area contributed by atoms with Crippen LogP contribution in [0.3, 0.4) is 0 Å². The smallest absolute Gasteiger partial charge is 0.258 e. The number of sulfone groups is 1. The number of nitrogens with one attached hydrogen (secondary N) is 1. The number of benzene rings is 3. The summed E-state index contributed by atoms with van der Waals surface area (Å²) < 4.78 is 24.9. The fourth-order valence-corrected chi connectivity index (χ4v) is 5.04. The Balaban J connectivity index is 1.54. The molecule has 6 nitrogen and oxygen atoms in total. The predicted molar refractivity (Wildman–Crippen MR) is 118 cm³/mol. The van der Waals surface area contributed by atoms with Crippen LogP contribution in [0.2, 0.25) is 5.02 Å². The Morgan fingerprint density at radius 3 is 2.50 bits per heavy atom. The summed E-state index contributed by atoms with van der Waals surface area (Å²) >= 11 is 5.80. The van der Waals surface area contributed by atoms with E-state index in [-0.39, 0.29) is 23.0 Å². The summed E-state index contributed by atoms with van der Waals surface area (Å²) in [5.41, 5.74) is 1.97. The van der Waals surface area contributed by atoms with Crippen LogP contribution in [0.5, 0.6) is 0 Å². The van der Waals surface area contributed by atoms with E-state index in [1.54, 1.807) is 29.2 Å². The molecule has 0 bridgehead atoms. The first kappa shape index (κ1) is 20.4. The van der Waals surface area contributed by atoms with Crippen LogP contribution >= 0.6 is 11.6 Å². The number of carbonyl (C=O) groups is 2. The van der Waals surface area contributed by atoms with Crippen LogP contribution in [0, 0.1) is 0 Å². The fourth-order valence-electron chi connectivity index (χ4n) is 3.67. The quantitative estimate of drug-likeness (QED) is 0.617. The van der Waals surface area contributed by atoms with E-state index < -0.39 is 15.7 Å². The molecular weight excluding hydrogens is 424 g/mol. The normalized spacial score (nSPS) is 13.1. The maximum atomic E-state index is 12.6. The van der Waals surface area contributed by atoms with E-state index in [2.05, 4.69) is 5.32 Å². The van der Waals surface area contributed by atoms with Crippen molar-refractivity contribution in [1.82, 2.24) is 0 Å². The number of halogens is 1. The van der Waals surface area contributed by atoms with Crippen molar-refractivity contribution in [3.05, 3.63) is 65.2 Å². The van der Waals surface area contributed by atoms with Gasteiger partial charge in [0.1, 0.15) is 0 Å². The van der Waals surface area contributed by atoms with Crippen molar-refractivity contribution in [1.29, 1.82) is 0 Å². The molecule has 30 heavy (non-hydrogen) atoms. The minimum Gasteiger partial charge on any atom is -0.325 e. The van der Waals surface area contributed by atoms with E-state index in [0.29, 0.717) is 22.8 Å². The minimum absolute atomic E-state index is 0.0596. The first-order valence-corrected chi connectivity index (χ1v) is 11.5. The summed E-state index contributed by atoms with van der Waals surface area (Å²) in [6.07, 6.45) is -0.187. The molecule has 1 N–H and O–H groups in total. The standard InChI is InChI=1S/C22H19ClN2O4S/c1-2-25-19-11-10-18(16-4-3-5-17(21(16)19)22(25)27)24-20(26)12-13-30(28,29)15-8-6-14(23)7-9-15/h3-11H,2,12-13H2,1H3,(H,24,26). The zero-order valence-electron chi connectivity index (χ0n) is 16.2. The summed E-state index contributed by atoms with van der Waals surface area (Å²) in [4.78, 5) is 26.9. The van der Waals surface area contributed by atoms with E-state index >= 15 is 0 Å². The first-order chi connectivity index (χ1) is 14.3. The van der Waals surface area contributed by atoms with Crippen LogP contribution < -0.4 is 10.2 Å². The Labute approximate surface area is 179 Å². The van der Waals surface area contributed by atoms with Crippen LogP contribution in [0.25, 0.3) is 10.8 Å². The topological polar surface area (TPSA) is 83.6 Å².